The molecule has 0 spiro atoms. The normalized spacial score (nSPS) is 17.8. The number of quaternary nitrogens is 2. The van der Waals surface area contributed by atoms with Gasteiger partial charge in [0.15, 0.2) is 0 Å². The van der Waals surface area contributed by atoms with Crippen molar-refractivity contribution in [1.29, 1.82) is 0 Å². The van der Waals surface area contributed by atoms with Gasteiger partial charge in [-0.05, 0) is 50.5 Å². The number of nitrogens with two attached hydrogens (primary N) is 1. The number of hydrogen-bond donors (Lipinski definition) is 2. The van der Waals surface area contributed by atoms with Crippen LogP contribution in [0, 0.1) is 0 Å². The van der Waals surface area contributed by atoms with E-state index in [0.717, 1.165) is 6.54 Å². The maximum Gasteiger partial charge on any atom is 0.236 e. The predicted octanol–water partition coefficient (Wildman–Crippen LogP) is -5.16. The Hall–Kier alpha value is -0.460. The molecule has 4 rings (SSSR count). The van der Waals surface area contributed by atoms with Crippen LogP contribution in [-0.4, -0.2) is 36.1 Å². The van der Waals surface area contributed by atoms with Crippen LogP contribution in [0.1, 0.15) is 42.5 Å². The molecule has 2 aromatic heterocycles. The molecule has 3 N–H and O–H groups in total. The summed E-state index contributed by atoms with van der Waals surface area (Å²) < 4.78 is 0. The number of nitrogens with one attached hydrogen (secondary N) is 1. The molecule has 2 aromatic rings. The molecule has 7 heteroatoms. The van der Waals surface area contributed by atoms with E-state index in [2.05, 4.69) is 15.3 Å². The third-order valence-corrected chi connectivity index (χ3v) is 6.38. The first-order chi connectivity index (χ1) is 10.9. The molecule has 0 atom stereocenters. The van der Waals surface area contributed by atoms with Crippen molar-refractivity contribution in [3.8, 4) is 0 Å². The Morgan fingerprint density at radius 1 is 1.00 bits per heavy atom. The fourth-order valence-corrected chi connectivity index (χ4v) is 5.22. The van der Waals surface area contributed by atoms with Crippen molar-refractivity contribution in [2.24, 2.45) is 0 Å². The molecule has 1 saturated heterocycles. The van der Waals surface area contributed by atoms with Crippen LogP contribution in [-0.2, 0) is 12.8 Å². The highest BCUT2D eigenvalue weighted by Gasteiger charge is 2.22. The second kappa shape index (κ2) is 9.30. The molecule has 0 radical (unpaired) electrons. The maximum atomic E-state index is 4.60. The summed E-state index contributed by atoms with van der Waals surface area (Å²) in [6, 6.07) is 0. The standard InChI is InChI=1S/C17H24N4S.2ClH/c1-4-9-21(10-5-1)11-8-18-16-15-13-6-2-3-7-14(13)22-17(15)20-12-19-16;;/h12H,1-11H2,(H,18,19,20);2*1H. The highest BCUT2D eigenvalue weighted by molar-refractivity contribution is 7.18. The monoisotopic (exact) mass is 388 g/mol. The Morgan fingerprint density at radius 2 is 1.79 bits per heavy atom. The Labute approximate surface area is 160 Å². The molecule has 24 heavy (non-hydrogen) atoms. The van der Waals surface area contributed by atoms with Gasteiger partial charge in [0.1, 0.15) is 24.2 Å². The molecule has 134 valence electrons. The van der Waals surface area contributed by atoms with E-state index in [-0.39, 0.29) is 24.8 Å². The number of aryl methyl sites for hydroxylation is 2. The van der Waals surface area contributed by atoms with Crippen LogP contribution < -0.4 is 35.0 Å². The molecule has 0 bridgehead atoms. The highest BCUT2D eigenvalue weighted by Crippen LogP contribution is 2.36. The van der Waals surface area contributed by atoms with Crippen molar-refractivity contribution in [2.75, 3.05) is 26.2 Å². The summed E-state index contributed by atoms with van der Waals surface area (Å²) in [5, 5.41) is 3.74. The summed E-state index contributed by atoms with van der Waals surface area (Å²) in [6.45, 7) is 5.13. The lowest BCUT2D eigenvalue weighted by Gasteiger charge is -2.22. The molecule has 0 amide bonds. The number of likely N-dealkylation sites (tertiary alicyclic amines) is 1. The van der Waals surface area contributed by atoms with Gasteiger partial charge < -0.3 is 29.7 Å². The van der Waals surface area contributed by atoms with E-state index in [0.29, 0.717) is 0 Å². The van der Waals surface area contributed by atoms with Crippen molar-refractivity contribution >= 4 is 27.4 Å². The third kappa shape index (κ3) is 4.20. The largest absolute Gasteiger partial charge is 1.00 e. The summed E-state index contributed by atoms with van der Waals surface area (Å²) in [7, 11) is 0. The van der Waals surface area contributed by atoms with Gasteiger partial charge in [0.2, 0.25) is 5.82 Å². The molecule has 1 aliphatic carbocycles. The van der Waals surface area contributed by atoms with Gasteiger partial charge in [0.05, 0.1) is 18.5 Å². The zero-order valence-corrected chi connectivity index (χ0v) is 16.3. The highest BCUT2D eigenvalue weighted by atomic mass is 35.5. The zero-order chi connectivity index (χ0) is 14.8. The predicted molar refractivity (Wildman–Crippen MR) is 89.9 cm³/mol. The maximum absolute atomic E-state index is 4.60. The first kappa shape index (κ1) is 19.9. The quantitative estimate of drug-likeness (QED) is 0.550. The van der Waals surface area contributed by atoms with Crippen molar-refractivity contribution in [3.05, 3.63) is 16.8 Å². The smallest absolute Gasteiger partial charge is 0.236 e. The average molecular weight is 389 g/mol. The molecule has 2 aliphatic rings. The first-order valence-corrected chi connectivity index (χ1v) is 9.65. The third-order valence-electron chi connectivity index (χ3n) is 5.18. The van der Waals surface area contributed by atoms with Crippen LogP contribution in [0.25, 0.3) is 10.2 Å². The van der Waals surface area contributed by atoms with Gasteiger partial charge in [-0.3, -0.25) is 5.32 Å². The van der Waals surface area contributed by atoms with Crippen LogP contribution in [0.15, 0.2) is 6.33 Å². The van der Waals surface area contributed by atoms with Gasteiger partial charge in [0, 0.05) is 4.88 Å². The van der Waals surface area contributed by atoms with Crippen LogP contribution in [0.2, 0.25) is 0 Å². The van der Waals surface area contributed by atoms with Crippen molar-refractivity contribution in [3.63, 3.8) is 0 Å². The second-order valence-electron chi connectivity index (χ2n) is 6.70. The SMILES string of the molecule is [Cl-].[Cl-].c1nc([NH2+]CC[NH+]2CCCCC2)c2c3c(sc2n1)CCCC3. The Morgan fingerprint density at radius 3 is 2.62 bits per heavy atom. The minimum atomic E-state index is 0. The number of nitrogens with zero attached hydrogens (tertiary/aromatic N) is 2. The van der Waals surface area contributed by atoms with Crippen LogP contribution in [0.4, 0.5) is 5.82 Å². The Balaban J connectivity index is 0.00000104. The minimum absolute atomic E-state index is 0. The fourth-order valence-electron chi connectivity index (χ4n) is 3.98. The van der Waals surface area contributed by atoms with E-state index < -0.39 is 0 Å². The van der Waals surface area contributed by atoms with E-state index in [1.807, 2.05) is 11.3 Å². The lowest BCUT2D eigenvalue weighted by atomic mass is 9.97. The van der Waals surface area contributed by atoms with Crippen molar-refractivity contribution in [1.82, 2.24) is 9.97 Å². The van der Waals surface area contributed by atoms with E-state index in [1.54, 1.807) is 21.7 Å². The van der Waals surface area contributed by atoms with Gasteiger partial charge in [-0.25, -0.2) is 4.98 Å². The summed E-state index contributed by atoms with van der Waals surface area (Å²) in [4.78, 5) is 13.7. The van der Waals surface area contributed by atoms with E-state index in [1.165, 1.54) is 80.6 Å². The topological polar surface area (TPSA) is 46.8 Å². The van der Waals surface area contributed by atoms with Gasteiger partial charge in [-0.1, -0.05) is 0 Å². The molecule has 4 nitrogen and oxygen atoms in total. The van der Waals surface area contributed by atoms with Crippen LogP contribution in [0.5, 0.6) is 0 Å². The number of piperidine rings is 1. The summed E-state index contributed by atoms with van der Waals surface area (Å²) in [5.41, 5.74) is 1.56. The number of halogens is 2. The van der Waals surface area contributed by atoms with Crippen molar-refractivity contribution < 1.29 is 35.0 Å². The van der Waals surface area contributed by atoms with Gasteiger partial charge in [-0.2, -0.15) is 4.98 Å². The number of rotatable bonds is 4. The van der Waals surface area contributed by atoms with Gasteiger partial charge >= 0.3 is 0 Å². The average Bonchev–Trinajstić information content (AvgIpc) is 2.95. The molecule has 0 saturated carbocycles. The van der Waals surface area contributed by atoms with Gasteiger partial charge in [0.25, 0.3) is 0 Å². The molecule has 0 aromatic carbocycles. The lowest BCUT2D eigenvalue weighted by molar-refractivity contribution is -0.914. The zero-order valence-electron chi connectivity index (χ0n) is 14.0. The number of fused-ring (bicyclic) bond motifs is 3. The second-order valence-corrected chi connectivity index (χ2v) is 7.79. The van der Waals surface area contributed by atoms with Gasteiger partial charge in [-0.15, -0.1) is 11.3 Å². The van der Waals surface area contributed by atoms with Crippen LogP contribution >= 0.6 is 11.3 Å². The molecular weight excluding hydrogens is 363 g/mol. The number of aromatic nitrogens is 2. The van der Waals surface area contributed by atoms with Crippen molar-refractivity contribution in [2.45, 2.75) is 44.9 Å². The van der Waals surface area contributed by atoms with E-state index in [4.69, 9.17) is 0 Å². The molecule has 1 aliphatic heterocycles. The molecule has 3 heterocycles. The van der Waals surface area contributed by atoms with E-state index in [9.17, 15) is 0 Å². The number of hydrogen-bond acceptors (Lipinski definition) is 3. The lowest BCUT2D eigenvalue weighted by Crippen LogP contribution is -3.15. The fraction of sp³-hybridized carbons (Fsp3) is 0.647. The number of thiophene rings is 1. The van der Waals surface area contributed by atoms with E-state index >= 15 is 0 Å². The summed E-state index contributed by atoms with van der Waals surface area (Å²) >= 11 is 1.90. The van der Waals surface area contributed by atoms with Crippen LogP contribution in [0.3, 0.4) is 0 Å². The summed E-state index contributed by atoms with van der Waals surface area (Å²) in [5.74, 6) is 1.20. The summed E-state index contributed by atoms with van der Waals surface area (Å²) in [6.07, 6.45) is 11.1. The Kier molecular flexibility index (Phi) is 7.69. The minimum Gasteiger partial charge on any atom is -1.00 e. The molecular formula is C17H26Cl2N4S. The first-order valence-electron chi connectivity index (χ1n) is 8.84. The Bertz CT molecular complexity index is 655. The molecule has 1 fully saturated rings. The molecule has 0 unspecified atom stereocenters.